The number of carbonyl (C=O) groups excluding carboxylic acids is 2. The van der Waals surface area contributed by atoms with Crippen LogP contribution in [0.4, 0.5) is 5.69 Å². The summed E-state index contributed by atoms with van der Waals surface area (Å²) in [5.41, 5.74) is 2.89. The lowest BCUT2D eigenvalue weighted by atomic mass is 10.1. The van der Waals surface area contributed by atoms with E-state index < -0.39 is 0 Å². The number of H-pyrrole nitrogens is 2. The van der Waals surface area contributed by atoms with Crippen LogP contribution in [0, 0.1) is 0 Å². The Morgan fingerprint density at radius 3 is 2.48 bits per heavy atom. The molecule has 0 atom stereocenters. The standard InChI is InChI=1S/C24H24N4O5/c1-25-20(29)10-14-12-26-24(31)23-22(14)16-11-15(5-6-17(16)28-23)27-21(30)9-13-4-7-18(32-2)19(8-13)33-3/h4-8,11-12,28H,9-10H2,1-3H3,(H,25,29)(H,26,31)(H,27,30). The van der Waals surface area contributed by atoms with Crippen LogP contribution in [-0.4, -0.2) is 43.0 Å². The third-order valence-corrected chi connectivity index (χ3v) is 5.45. The number of likely N-dealkylation sites (N-methyl/N-ethyl adjacent to an activating group) is 1. The number of anilines is 1. The second-order valence-corrected chi connectivity index (χ2v) is 7.54. The molecule has 2 amide bonds. The highest BCUT2D eigenvalue weighted by Crippen LogP contribution is 2.30. The molecule has 2 aromatic carbocycles. The number of pyridine rings is 1. The Balaban J connectivity index is 1.64. The highest BCUT2D eigenvalue weighted by Gasteiger charge is 2.15. The second kappa shape index (κ2) is 9.07. The van der Waals surface area contributed by atoms with Crippen LogP contribution in [0.1, 0.15) is 11.1 Å². The fourth-order valence-electron chi connectivity index (χ4n) is 3.85. The molecular weight excluding hydrogens is 424 g/mol. The molecule has 9 nitrogen and oxygen atoms in total. The zero-order chi connectivity index (χ0) is 23.5. The van der Waals surface area contributed by atoms with Crippen LogP contribution >= 0.6 is 0 Å². The van der Waals surface area contributed by atoms with E-state index in [4.69, 9.17) is 9.47 Å². The number of rotatable bonds is 7. The highest BCUT2D eigenvalue weighted by molar-refractivity contribution is 6.11. The molecular formula is C24H24N4O5. The van der Waals surface area contributed by atoms with Gasteiger partial charge in [0, 0.05) is 35.2 Å². The molecule has 4 aromatic rings. The molecule has 0 radical (unpaired) electrons. The van der Waals surface area contributed by atoms with Gasteiger partial charge in [-0.25, -0.2) is 0 Å². The van der Waals surface area contributed by atoms with Gasteiger partial charge in [0.05, 0.1) is 27.1 Å². The molecule has 0 fully saturated rings. The first-order chi connectivity index (χ1) is 15.9. The third kappa shape index (κ3) is 4.38. The van der Waals surface area contributed by atoms with Gasteiger partial charge in [-0.3, -0.25) is 14.4 Å². The molecule has 0 saturated carbocycles. The number of methoxy groups -OCH3 is 2. The van der Waals surface area contributed by atoms with E-state index in [2.05, 4.69) is 20.6 Å². The Hall–Kier alpha value is -4.27. The summed E-state index contributed by atoms with van der Waals surface area (Å²) in [6.45, 7) is 0. The first kappa shape index (κ1) is 21.9. The van der Waals surface area contributed by atoms with E-state index in [1.807, 2.05) is 0 Å². The van der Waals surface area contributed by atoms with Gasteiger partial charge in [-0.2, -0.15) is 0 Å². The van der Waals surface area contributed by atoms with E-state index in [1.165, 1.54) is 0 Å². The molecule has 4 rings (SSSR count). The number of ether oxygens (including phenoxy) is 2. The molecule has 0 aliphatic heterocycles. The first-order valence-corrected chi connectivity index (χ1v) is 10.3. The van der Waals surface area contributed by atoms with Crippen molar-refractivity contribution in [1.29, 1.82) is 0 Å². The number of carbonyl (C=O) groups is 2. The van der Waals surface area contributed by atoms with E-state index in [0.29, 0.717) is 33.7 Å². The van der Waals surface area contributed by atoms with Crippen LogP contribution < -0.4 is 25.7 Å². The number of aromatic nitrogens is 2. The molecule has 0 unspecified atom stereocenters. The lowest BCUT2D eigenvalue weighted by Gasteiger charge is -2.10. The molecule has 2 heterocycles. The number of hydrogen-bond acceptors (Lipinski definition) is 5. The van der Waals surface area contributed by atoms with Gasteiger partial charge in [-0.05, 0) is 41.5 Å². The van der Waals surface area contributed by atoms with Crippen molar-refractivity contribution in [3.8, 4) is 11.5 Å². The van der Waals surface area contributed by atoms with Gasteiger partial charge >= 0.3 is 0 Å². The lowest BCUT2D eigenvalue weighted by Crippen LogP contribution is -2.20. The zero-order valence-electron chi connectivity index (χ0n) is 18.5. The average molecular weight is 448 g/mol. The van der Waals surface area contributed by atoms with Gasteiger partial charge in [-0.1, -0.05) is 6.07 Å². The quantitative estimate of drug-likeness (QED) is 0.346. The Bertz CT molecular complexity index is 1420. The van der Waals surface area contributed by atoms with Crippen molar-refractivity contribution < 1.29 is 19.1 Å². The zero-order valence-corrected chi connectivity index (χ0v) is 18.5. The molecule has 2 aromatic heterocycles. The largest absolute Gasteiger partial charge is 0.493 e. The van der Waals surface area contributed by atoms with Crippen molar-refractivity contribution in [2.24, 2.45) is 0 Å². The number of aromatic amines is 2. The summed E-state index contributed by atoms with van der Waals surface area (Å²) in [5.74, 6) is 0.771. The van der Waals surface area contributed by atoms with Gasteiger partial charge in [-0.15, -0.1) is 0 Å². The molecule has 170 valence electrons. The van der Waals surface area contributed by atoms with E-state index in [1.54, 1.807) is 63.9 Å². The molecule has 0 aliphatic rings. The maximum atomic E-state index is 12.7. The molecule has 0 bridgehead atoms. The van der Waals surface area contributed by atoms with Gasteiger partial charge in [0.15, 0.2) is 11.5 Å². The third-order valence-electron chi connectivity index (χ3n) is 5.45. The monoisotopic (exact) mass is 448 g/mol. The SMILES string of the molecule is CNC(=O)Cc1c[nH]c(=O)c2[nH]c3ccc(NC(=O)Cc4ccc(OC)c(OC)c4)cc3c12. The Kier molecular flexibility index (Phi) is 6.03. The van der Waals surface area contributed by atoms with Gasteiger partial charge in [0.1, 0.15) is 5.52 Å². The van der Waals surface area contributed by atoms with Crippen LogP contribution in [0.15, 0.2) is 47.4 Å². The number of nitrogens with one attached hydrogen (secondary N) is 4. The maximum Gasteiger partial charge on any atom is 0.272 e. The summed E-state index contributed by atoms with van der Waals surface area (Å²) in [4.78, 5) is 42.8. The van der Waals surface area contributed by atoms with E-state index >= 15 is 0 Å². The first-order valence-electron chi connectivity index (χ1n) is 10.3. The van der Waals surface area contributed by atoms with Crippen LogP contribution in [0.5, 0.6) is 11.5 Å². The van der Waals surface area contributed by atoms with Crippen molar-refractivity contribution in [3.63, 3.8) is 0 Å². The highest BCUT2D eigenvalue weighted by atomic mass is 16.5. The van der Waals surface area contributed by atoms with Gasteiger partial charge in [0.2, 0.25) is 11.8 Å². The molecule has 0 spiro atoms. The summed E-state index contributed by atoms with van der Waals surface area (Å²) in [6.07, 6.45) is 1.82. The summed E-state index contributed by atoms with van der Waals surface area (Å²) in [6, 6.07) is 10.7. The maximum absolute atomic E-state index is 12.7. The fourth-order valence-corrected chi connectivity index (χ4v) is 3.85. The second-order valence-electron chi connectivity index (χ2n) is 7.54. The van der Waals surface area contributed by atoms with E-state index in [0.717, 1.165) is 16.5 Å². The van der Waals surface area contributed by atoms with Crippen LogP contribution in [0.25, 0.3) is 21.8 Å². The summed E-state index contributed by atoms with van der Waals surface area (Å²) in [5, 5.41) is 6.90. The normalized spacial score (nSPS) is 10.9. The molecule has 9 heteroatoms. The molecule has 33 heavy (non-hydrogen) atoms. The Morgan fingerprint density at radius 1 is 0.970 bits per heavy atom. The van der Waals surface area contributed by atoms with Crippen LogP contribution in [0.2, 0.25) is 0 Å². The van der Waals surface area contributed by atoms with Crippen molar-refractivity contribution in [2.45, 2.75) is 12.8 Å². The van der Waals surface area contributed by atoms with Crippen molar-refractivity contribution in [1.82, 2.24) is 15.3 Å². The number of hydrogen-bond donors (Lipinski definition) is 4. The minimum absolute atomic E-state index is 0.118. The van der Waals surface area contributed by atoms with Crippen molar-refractivity contribution in [2.75, 3.05) is 26.6 Å². The summed E-state index contributed by atoms with van der Waals surface area (Å²) < 4.78 is 10.5. The van der Waals surface area contributed by atoms with Crippen LogP contribution in [-0.2, 0) is 22.4 Å². The Labute approximate surface area is 189 Å². The number of fused-ring (bicyclic) bond motifs is 3. The van der Waals surface area contributed by atoms with Crippen LogP contribution in [0.3, 0.4) is 0 Å². The summed E-state index contributed by atoms with van der Waals surface area (Å²) >= 11 is 0. The van der Waals surface area contributed by atoms with Crippen molar-refractivity contribution >= 4 is 39.3 Å². The lowest BCUT2D eigenvalue weighted by molar-refractivity contribution is -0.120. The molecule has 0 saturated heterocycles. The summed E-state index contributed by atoms with van der Waals surface area (Å²) in [7, 11) is 4.66. The fraction of sp³-hybridized carbons (Fsp3) is 0.208. The van der Waals surface area contributed by atoms with E-state index in [-0.39, 0.29) is 30.2 Å². The number of benzene rings is 2. The number of amides is 2. The molecule has 4 N–H and O–H groups in total. The Morgan fingerprint density at radius 2 is 1.76 bits per heavy atom. The molecule has 0 aliphatic carbocycles. The van der Waals surface area contributed by atoms with E-state index in [9.17, 15) is 14.4 Å². The predicted molar refractivity (Wildman–Crippen MR) is 126 cm³/mol. The van der Waals surface area contributed by atoms with Gasteiger partial charge < -0.3 is 30.1 Å². The minimum Gasteiger partial charge on any atom is -0.493 e. The smallest absolute Gasteiger partial charge is 0.272 e. The topological polar surface area (TPSA) is 125 Å². The van der Waals surface area contributed by atoms with Crippen molar-refractivity contribution in [3.05, 3.63) is 64.1 Å². The van der Waals surface area contributed by atoms with Gasteiger partial charge in [0.25, 0.3) is 5.56 Å². The minimum atomic E-state index is -0.277. The predicted octanol–water partition coefficient (Wildman–Crippen LogP) is 2.50. The average Bonchev–Trinajstić information content (AvgIpc) is 3.20.